The van der Waals surface area contributed by atoms with Gasteiger partial charge in [0.15, 0.2) is 17.1 Å². The van der Waals surface area contributed by atoms with E-state index in [2.05, 4.69) is 20.7 Å². The van der Waals surface area contributed by atoms with Crippen LogP contribution in [-0.4, -0.2) is 39.5 Å². The lowest BCUT2D eigenvalue weighted by Gasteiger charge is -2.28. The Kier molecular flexibility index (Phi) is 4.39. The molecule has 1 aromatic heterocycles. The fourth-order valence-electron chi connectivity index (χ4n) is 2.61. The number of nitrogens with zero attached hydrogens (tertiary/aromatic N) is 4. The van der Waals surface area contributed by atoms with Crippen molar-refractivity contribution in [2.24, 2.45) is 0 Å². The van der Waals surface area contributed by atoms with E-state index in [9.17, 15) is 17.6 Å². The average Bonchev–Trinajstić information content (AvgIpc) is 3.17. The Morgan fingerprint density at radius 1 is 1.29 bits per heavy atom. The average molecular weight is 345 g/mol. The zero-order valence-electron chi connectivity index (χ0n) is 12.6. The molecule has 0 bridgehead atoms. The van der Waals surface area contributed by atoms with Crippen LogP contribution in [0.2, 0.25) is 0 Å². The molecule has 1 unspecified atom stereocenters. The summed E-state index contributed by atoms with van der Waals surface area (Å²) in [5.41, 5.74) is -2.25. The number of tetrazole rings is 1. The van der Waals surface area contributed by atoms with Gasteiger partial charge in [-0.2, -0.15) is 18.0 Å². The molecule has 1 N–H and O–H groups in total. The quantitative estimate of drug-likeness (QED) is 0.840. The van der Waals surface area contributed by atoms with Crippen molar-refractivity contribution in [3.63, 3.8) is 0 Å². The normalized spacial score (nSPS) is 21.2. The molecule has 3 rings (SSSR count). The third-order valence-corrected chi connectivity index (χ3v) is 3.86. The van der Waals surface area contributed by atoms with Gasteiger partial charge in [-0.05, 0) is 36.7 Å². The Labute approximate surface area is 134 Å². The zero-order chi connectivity index (χ0) is 17.2. The maximum absolute atomic E-state index is 13.4. The molecule has 1 aliphatic heterocycles. The van der Waals surface area contributed by atoms with Crippen LogP contribution in [0.4, 0.5) is 17.6 Å². The molecule has 1 aliphatic rings. The molecule has 1 fully saturated rings. The molecule has 0 radical (unpaired) electrons. The minimum absolute atomic E-state index is 0.00315. The SMILES string of the molecule is Fc1ccccc1OCCn1nnc(C2(C(F)(F)F)CCCN2)n1. The summed E-state index contributed by atoms with van der Waals surface area (Å²) in [5.74, 6) is -0.864. The molecule has 1 atom stereocenters. The molecule has 10 heteroatoms. The largest absolute Gasteiger partial charge is 0.489 e. The highest BCUT2D eigenvalue weighted by molar-refractivity contribution is 5.23. The van der Waals surface area contributed by atoms with Gasteiger partial charge in [0.05, 0.1) is 6.54 Å². The van der Waals surface area contributed by atoms with Gasteiger partial charge in [0, 0.05) is 0 Å². The predicted molar refractivity (Wildman–Crippen MR) is 74.7 cm³/mol. The highest BCUT2D eigenvalue weighted by Gasteiger charge is 2.60. The van der Waals surface area contributed by atoms with Crippen LogP contribution in [-0.2, 0) is 12.1 Å². The fourth-order valence-corrected chi connectivity index (χ4v) is 2.61. The number of rotatable bonds is 5. The highest BCUT2D eigenvalue weighted by Crippen LogP contribution is 2.43. The van der Waals surface area contributed by atoms with Crippen LogP contribution in [0.25, 0.3) is 0 Å². The van der Waals surface area contributed by atoms with Gasteiger partial charge in [-0.25, -0.2) is 4.39 Å². The first-order valence-electron chi connectivity index (χ1n) is 7.40. The van der Waals surface area contributed by atoms with E-state index in [0.29, 0.717) is 6.42 Å². The molecule has 130 valence electrons. The summed E-state index contributed by atoms with van der Waals surface area (Å²) in [5, 5.41) is 13.5. The lowest BCUT2D eigenvalue weighted by atomic mass is 9.96. The molecule has 1 aromatic carbocycles. The minimum atomic E-state index is -4.51. The first kappa shape index (κ1) is 16.6. The molecule has 0 aliphatic carbocycles. The number of hydrogen-bond donors (Lipinski definition) is 1. The Balaban J connectivity index is 1.66. The number of alkyl halides is 3. The van der Waals surface area contributed by atoms with E-state index >= 15 is 0 Å². The van der Waals surface area contributed by atoms with Crippen LogP contribution in [0.15, 0.2) is 24.3 Å². The van der Waals surface area contributed by atoms with Gasteiger partial charge in [0.1, 0.15) is 6.61 Å². The number of ether oxygens (including phenoxy) is 1. The summed E-state index contributed by atoms with van der Waals surface area (Å²) in [7, 11) is 0. The lowest BCUT2D eigenvalue weighted by molar-refractivity contribution is -0.198. The summed E-state index contributed by atoms with van der Waals surface area (Å²) in [6.07, 6.45) is -4.26. The maximum atomic E-state index is 13.4. The van der Waals surface area contributed by atoms with Gasteiger partial charge in [0.25, 0.3) is 0 Å². The molecule has 0 amide bonds. The summed E-state index contributed by atoms with van der Waals surface area (Å²) in [6, 6.07) is 5.85. The van der Waals surface area contributed by atoms with Crippen molar-refractivity contribution in [2.45, 2.75) is 31.1 Å². The fraction of sp³-hybridized carbons (Fsp3) is 0.500. The van der Waals surface area contributed by atoms with E-state index in [-0.39, 0.29) is 31.9 Å². The standard InChI is InChI=1S/C14H15F4N5O/c15-10-4-1-2-5-11(10)24-9-8-23-21-12(20-22-23)13(14(16,17)18)6-3-7-19-13/h1-2,4-5,19H,3,6-9H2. The molecular weight excluding hydrogens is 330 g/mol. The van der Waals surface area contributed by atoms with Crippen molar-refractivity contribution >= 4 is 0 Å². The first-order chi connectivity index (χ1) is 11.4. The van der Waals surface area contributed by atoms with Crippen molar-refractivity contribution in [3.8, 4) is 5.75 Å². The molecular formula is C14H15F4N5O. The summed E-state index contributed by atoms with van der Waals surface area (Å²) in [4.78, 5) is 1.02. The molecule has 6 nitrogen and oxygen atoms in total. The van der Waals surface area contributed by atoms with Gasteiger partial charge in [-0.15, -0.1) is 10.2 Å². The minimum Gasteiger partial charge on any atom is -0.489 e. The van der Waals surface area contributed by atoms with Crippen LogP contribution < -0.4 is 10.1 Å². The smallest absolute Gasteiger partial charge is 0.414 e. The number of halogens is 4. The Hall–Kier alpha value is -2.23. The summed E-state index contributed by atoms with van der Waals surface area (Å²) in [6.45, 7) is 0.295. The topological polar surface area (TPSA) is 64.9 Å². The van der Waals surface area contributed by atoms with Crippen LogP contribution in [0.1, 0.15) is 18.7 Å². The summed E-state index contributed by atoms with van der Waals surface area (Å²) < 4.78 is 58.8. The first-order valence-corrected chi connectivity index (χ1v) is 7.40. The van der Waals surface area contributed by atoms with Crippen molar-refractivity contribution in [1.82, 2.24) is 25.5 Å². The second kappa shape index (κ2) is 6.34. The molecule has 1 saturated heterocycles. The monoisotopic (exact) mass is 345 g/mol. The lowest BCUT2D eigenvalue weighted by Crippen LogP contribution is -2.50. The number of benzene rings is 1. The van der Waals surface area contributed by atoms with Gasteiger partial charge in [-0.3, -0.25) is 5.32 Å². The van der Waals surface area contributed by atoms with E-state index in [4.69, 9.17) is 4.74 Å². The van der Waals surface area contributed by atoms with Crippen molar-refractivity contribution in [3.05, 3.63) is 35.9 Å². The second-order valence-corrected chi connectivity index (χ2v) is 5.42. The van der Waals surface area contributed by atoms with E-state index in [1.165, 1.54) is 18.2 Å². The van der Waals surface area contributed by atoms with E-state index < -0.39 is 23.4 Å². The number of nitrogens with one attached hydrogen (secondary N) is 1. The second-order valence-electron chi connectivity index (χ2n) is 5.42. The Morgan fingerprint density at radius 2 is 2.08 bits per heavy atom. The number of aromatic nitrogens is 4. The van der Waals surface area contributed by atoms with Gasteiger partial charge >= 0.3 is 6.18 Å². The van der Waals surface area contributed by atoms with Crippen LogP contribution in [0, 0.1) is 5.82 Å². The molecule has 0 spiro atoms. The maximum Gasteiger partial charge on any atom is 0.414 e. The third kappa shape index (κ3) is 3.05. The zero-order valence-corrected chi connectivity index (χ0v) is 12.6. The van der Waals surface area contributed by atoms with Gasteiger partial charge in [0.2, 0.25) is 5.82 Å². The van der Waals surface area contributed by atoms with E-state index in [0.717, 1.165) is 4.80 Å². The van der Waals surface area contributed by atoms with Crippen LogP contribution in [0.5, 0.6) is 5.75 Å². The van der Waals surface area contributed by atoms with Crippen molar-refractivity contribution in [1.29, 1.82) is 0 Å². The van der Waals surface area contributed by atoms with Crippen LogP contribution >= 0.6 is 0 Å². The van der Waals surface area contributed by atoms with E-state index in [1.807, 2.05) is 0 Å². The van der Waals surface area contributed by atoms with Crippen molar-refractivity contribution in [2.75, 3.05) is 13.2 Å². The van der Waals surface area contributed by atoms with E-state index in [1.54, 1.807) is 6.07 Å². The number of hydrogen-bond acceptors (Lipinski definition) is 5. The third-order valence-electron chi connectivity index (χ3n) is 3.86. The molecule has 24 heavy (non-hydrogen) atoms. The highest BCUT2D eigenvalue weighted by atomic mass is 19.4. The van der Waals surface area contributed by atoms with Gasteiger partial charge in [-0.1, -0.05) is 12.1 Å². The van der Waals surface area contributed by atoms with Crippen molar-refractivity contribution < 1.29 is 22.3 Å². The van der Waals surface area contributed by atoms with Crippen LogP contribution in [0.3, 0.4) is 0 Å². The number of para-hydroxylation sites is 1. The Morgan fingerprint density at radius 3 is 2.75 bits per heavy atom. The predicted octanol–water partition coefficient (Wildman–Crippen LogP) is 2.03. The van der Waals surface area contributed by atoms with Gasteiger partial charge < -0.3 is 4.74 Å². The summed E-state index contributed by atoms with van der Waals surface area (Å²) >= 11 is 0. The molecule has 2 aromatic rings. The molecule has 0 saturated carbocycles. The Bertz CT molecular complexity index is 696. The molecule has 2 heterocycles.